The van der Waals surface area contributed by atoms with Crippen molar-refractivity contribution in [3.05, 3.63) is 135 Å². The van der Waals surface area contributed by atoms with Gasteiger partial charge in [0.1, 0.15) is 83.2 Å². The Hall–Kier alpha value is -7.26. The Balaban J connectivity index is 1.09. The summed E-state index contributed by atoms with van der Waals surface area (Å²) >= 11 is 0. The Labute approximate surface area is 489 Å². The standard InChI is InChI=1S/C65H78N2O17/c1-34(2)16-15-27-64(10)28-26-44-53(83-64)43(24-19-35(3)4)55-48(56(44)82-61(77)38(7)67-59(75)40-20-22-42(23-21-40)79-62-52(72)51(71)50(70)47(32-68)80-62)49(69)45-30-41-31-46(54(45)81-55)63(8,9)84-65(11,57(41)73)29-25-36(5)58(74)66-37(6)60(76)78-33-39-17-13-12-14-18-39/h12-14,16-23,25-26,28,30,37-38,41,46-47,50-52,54,62,68,70-72H,15,24,27,29,31-33H2,1-11H3,(H,66,74)(H,67,75)/b36-25-/t37?,38?,41?,46?,47-,50-,51-,52-,54?,62-,64?,65?/m1/s1. The lowest BCUT2D eigenvalue weighted by atomic mass is 9.69. The van der Waals surface area contributed by atoms with Gasteiger partial charge in [0.2, 0.25) is 12.2 Å². The quantitative estimate of drug-likeness (QED) is 0.0299. The summed E-state index contributed by atoms with van der Waals surface area (Å²) in [7, 11) is 0. The molecule has 2 amide bonds. The van der Waals surface area contributed by atoms with E-state index in [1.165, 1.54) is 38.1 Å². The van der Waals surface area contributed by atoms with E-state index in [0.717, 1.165) is 16.7 Å². The summed E-state index contributed by atoms with van der Waals surface area (Å²) < 4.78 is 43.9. The number of benzene rings is 3. The number of carbonyl (C=O) groups is 6. The van der Waals surface area contributed by atoms with Gasteiger partial charge in [0, 0.05) is 40.5 Å². The Kier molecular flexibility index (Phi) is 19.1. The first kappa shape index (κ1) is 62.8. The molecule has 0 saturated carbocycles. The average molecular weight is 1160 g/mol. The summed E-state index contributed by atoms with van der Waals surface area (Å²) in [5.41, 5.74) is 0.725. The first-order chi connectivity index (χ1) is 39.6. The summed E-state index contributed by atoms with van der Waals surface area (Å²) in [6, 6.07) is 12.4. The number of Topliss-reactive ketones (excluding diaryl/α,β-unsaturated/α-hetero) is 2. The van der Waals surface area contributed by atoms with Crippen molar-refractivity contribution in [3.63, 3.8) is 0 Å². The van der Waals surface area contributed by atoms with Gasteiger partial charge in [0.25, 0.3) is 5.91 Å². The number of amides is 2. The summed E-state index contributed by atoms with van der Waals surface area (Å²) in [5.74, 6) is -4.62. The van der Waals surface area contributed by atoms with Crippen molar-refractivity contribution < 1.29 is 82.4 Å². The number of nitrogens with one attached hydrogen (secondary N) is 2. The fourth-order valence-corrected chi connectivity index (χ4v) is 11.1. The van der Waals surface area contributed by atoms with E-state index in [0.29, 0.717) is 29.7 Å². The van der Waals surface area contributed by atoms with Crippen LogP contribution in [0.1, 0.15) is 139 Å². The molecule has 3 aromatic rings. The van der Waals surface area contributed by atoms with Gasteiger partial charge in [0.05, 0.1) is 17.8 Å². The summed E-state index contributed by atoms with van der Waals surface area (Å²) in [6.45, 7) is 19.2. The second-order valence-electron chi connectivity index (χ2n) is 23.9. The van der Waals surface area contributed by atoms with Crippen molar-refractivity contribution in [2.75, 3.05) is 6.61 Å². The summed E-state index contributed by atoms with van der Waals surface area (Å²) in [4.78, 5) is 85.1. The van der Waals surface area contributed by atoms with Gasteiger partial charge in [-0.05, 0) is 144 Å². The molecule has 2 saturated heterocycles. The summed E-state index contributed by atoms with van der Waals surface area (Å²) in [6.07, 6.45) is 4.22. The van der Waals surface area contributed by atoms with Crippen molar-refractivity contribution in [2.45, 2.75) is 181 Å². The smallest absolute Gasteiger partial charge is 0.333 e. The van der Waals surface area contributed by atoms with E-state index < -0.39 is 114 Å². The zero-order valence-corrected chi connectivity index (χ0v) is 49.5. The number of ether oxygens (including phenoxy) is 7. The van der Waals surface area contributed by atoms with Crippen molar-refractivity contribution >= 4 is 41.4 Å². The number of fused-ring (bicyclic) bond motifs is 6. The molecular weight excluding hydrogens is 1080 g/mol. The van der Waals surface area contributed by atoms with Crippen LogP contribution in [0.4, 0.5) is 0 Å². The maximum Gasteiger partial charge on any atom is 0.333 e. The van der Waals surface area contributed by atoms with Crippen LogP contribution in [-0.4, -0.2) is 128 Å². The molecule has 0 aromatic heterocycles. The predicted molar refractivity (Wildman–Crippen MR) is 309 cm³/mol. The SMILES string of the molecule is CC(C)=CCCC1(C)C=Cc2c(c(CC=C(C)C)c3c(c2OC(=O)C(C)NC(=O)c2ccc(O[C@@H]4O[C@H](CO)[C@@H](O)[C@@H](O)[C@H]4O)cc2)C(=O)C2=CC4CC(C2O3)C(C)(C)OC(C)(C/C=C(/C)C(=O)NC(C)C(=O)OCc2ccccc2)C4=O)O1. The maximum atomic E-state index is 15.7. The minimum atomic E-state index is -1.66. The number of ketones is 2. The van der Waals surface area contributed by atoms with Crippen LogP contribution in [0.15, 0.2) is 107 Å². The number of allylic oxidation sites excluding steroid dienone is 5. The molecule has 4 aliphatic heterocycles. The maximum absolute atomic E-state index is 15.7. The van der Waals surface area contributed by atoms with Gasteiger partial charge in [-0.25, -0.2) is 9.59 Å². The van der Waals surface area contributed by atoms with E-state index in [1.54, 1.807) is 32.1 Å². The van der Waals surface area contributed by atoms with Gasteiger partial charge in [-0.3, -0.25) is 19.2 Å². The van der Waals surface area contributed by atoms with Crippen LogP contribution in [0.2, 0.25) is 0 Å². The lowest BCUT2D eigenvalue weighted by Gasteiger charge is -2.45. The fourth-order valence-electron chi connectivity index (χ4n) is 11.1. The van der Waals surface area contributed by atoms with Crippen LogP contribution in [-0.2, 0) is 46.4 Å². The van der Waals surface area contributed by atoms with Crippen LogP contribution < -0.4 is 29.6 Å². The van der Waals surface area contributed by atoms with Crippen molar-refractivity contribution in [2.24, 2.45) is 11.8 Å². The minimum Gasteiger partial charge on any atom is -0.484 e. The van der Waals surface area contributed by atoms with Crippen LogP contribution >= 0.6 is 0 Å². The van der Waals surface area contributed by atoms with Crippen LogP contribution in [0.5, 0.6) is 23.0 Å². The topological polar surface area (TPSA) is 272 Å². The molecule has 8 rings (SSSR count). The van der Waals surface area contributed by atoms with Gasteiger partial charge < -0.3 is 64.2 Å². The van der Waals surface area contributed by atoms with E-state index in [2.05, 4.69) is 16.7 Å². The molecule has 3 aromatic carbocycles. The second kappa shape index (κ2) is 25.5. The van der Waals surface area contributed by atoms with Crippen LogP contribution in [0, 0.1) is 11.8 Å². The van der Waals surface area contributed by atoms with Crippen LogP contribution in [0.25, 0.3) is 6.08 Å². The number of rotatable bonds is 19. The highest BCUT2D eigenvalue weighted by atomic mass is 16.7. The molecule has 5 aliphatic rings. The zero-order valence-electron chi connectivity index (χ0n) is 49.5. The third kappa shape index (κ3) is 13.6. The third-order valence-corrected chi connectivity index (χ3v) is 16.1. The molecule has 19 nitrogen and oxygen atoms in total. The Morgan fingerprint density at radius 2 is 1.50 bits per heavy atom. The van der Waals surface area contributed by atoms with Gasteiger partial charge in [0.15, 0.2) is 17.3 Å². The number of hydrogen-bond acceptors (Lipinski definition) is 17. The second-order valence-corrected chi connectivity index (χ2v) is 23.9. The Morgan fingerprint density at radius 1 is 0.821 bits per heavy atom. The molecule has 12 atom stereocenters. The largest absolute Gasteiger partial charge is 0.484 e. The molecule has 450 valence electrons. The van der Waals surface area contributed by atoms with Crippen molar-refractivity contribution in [3.8, 4) is 23.0 Å². The monoisotopic (exact) mass is 1160 g/mol. The first-order valence-electron chi connectivity index (χ1n) is 28.5. The highest BCUT2D eigenvalue weighted by molar-refractivity contribution is 6.16. The van der Waals surface area contributed by atoms with E-state index in [1.807, 2.05) is 91.0 Å². The lowest BCUT2D eigenvalue weighted by molar-refractivity contribution is -0.277. The van der Waals surface area contributed by atoms with Gasteiger partial charge >= 0.3 is 11.9 Å². The minimum absolute atomic E-state index is 0.0246. The molecule has 0 radical (unpaired) electrons. The number of aliphatic hydroxyl groups excluding tert-OH is 4. The van der Waals surface area contributed by atoms with Gasteiger partial charge in [-0.2, -0.15) is 0 Å². The van der Waals surface area contributed by atoms with Crippen molar-refractivity contribution in [1.29, 1.82) is 0 Å². The normalized spacial score (nSPS) is 27.3. The molecule has 19 heteroatoms. The molecular formula is C65H78N2O17. The van der Waals surface area contributed by atoms with Crippen LogP contribution in [0.3, 0.4) is 0 Å². The molecule has 2 bridgehead atoms. The van der Waals surface area contributed by atoms with E-state index in [9.17, 15) is 44.4 Å². The van der Waals surface area contributed by atoms with Crippen molar-refractivity contribution in [1.82, 2.24) is 10.6 Å². The average Bonchev–Trinajstić information content (AvgIpc) is 2.63. The predicted octanol–water partition coefficient (Wildman–Crippen LogP) is 7.24. The molecule has 7 unspecified atom stereocenters. The lowest BCUT2D eigenvalue weighted by Crippen LogP contribution is -2.60. The third-order valence-electron chi connectivity index (χ3n) is 16.1. The molecule has 1 aliphatic carbocycles. The number of aliphatic hydroxyl groups is 4. The molecule has 0 spiro atoms. The van der Waals surface area contributed by atoms with Gasteiger partial charge in [-0.1, -0.05) is 65.8 Å². The highest BCUT2D eigenvalue weighted by Crippen LogP contribution is 2.56. The fraction of sp³-hybridized carbons (Fsp3) is 0.477. The molecule has 84 heavy (non-hydrogen) atoms. The van der Waals surface area contributed by atoms with E-state index in [-0.39, 0.29) is 71.2 Å². The van der Waals surface area contributed by atoms with E-state index >= 15 is 4.79 Å². The number of esters is 2. The molecule has 6 N–H and O–H groups in total. The summed E-state index contributed by atoms with van der Waals surface area (Å²) in [5, 5.41) is 45.8. The van der Waals surface area contributed by atoms with E-state index in [4.69, 9.17) is 33.2 Å². The first-order valence-corrected chi connectivity index (χ1v) is 28.5. The number of hydrogen-bond donors (Lipinski definition) is 6. The van der Waals surface area contributed by atoms with Gasteiger partial charge in [-0.15, -0.1) is 0 Å². The Morgan fingerprint density at radius 3 is 2.17 bits per heavy atom. The molecule has 4 heterocycles. The molecule has 2 fully saturated rings. The highest BCUT2D eigenvalue weighted by Gasteiger charge is 2.57. The Bertz CT molecular complexity index is 3190. The zero-order chi connectivity index (χ0) is 61.2. The number of carbonyl (C=O) groups excluding carboxylic acids is 6.